The second-order valence-electron chi connectivity index (χ2n) is 6.29. The van der Waals surface area contributed by atoms with Gasteiger partial charge in [-0.25, -0.2) is 4.39 Å². The van der Waals surface area contributed by atoms with Crippen LogP contribution >= 0.6 is 23.4 Å². The number of hydrogen-bond donors (Lipinski definition) is 1. The van der Waals surface area contributed by atoms with Crippen molar-refractivity contribution in [1.29, 1.82) is 0 Å². The lowest BCUT2D eigenvalue weighted by atomic mass is 10.1. The molecule has 2 saturated heterocycles. The summed E-state index contributed by atoms with van der Waals surface area (Å²) in [4.78, 5) is 16.5. The van der Waals surface area contributed by atoms with Crippen molar-refractivity contribution in [2.75, 3.05) is 44.2 Å². The quantitative estimate of drug-likeness (QED) is 0.880. The predicted molar refractivity (Wildman–Crippen MR) is 97.0 cm³/mol. The van der Waals surface area contributed by atoms with Crippen molar-refractivity contribution in [2.45, 2.75) is 19.0 Å². The number of rotatable bonds is 4. The van der Waals surface area contributed by atoms with Gasteiger partial charge in [-0.2, -0.15) is 11.8 Å². The number of thioether (sulfide) groups is 1. The van der Waals surface area contributed by atoms with Crippen molar-refractivity contribution in [1.82, 2.24) is 15.1 Å². The van der Waals surface area contributed by atoms with Gasteiger partial charge in [0.2, 0.25) is 5.91 Å². The van der Waals surface area contributed by atoms with E-state index in [0.717, 1.165) is 31.1 Å². The number of carbonyl (C=O) groups is 1. The van der Waals surface area contributed by atoms with Crippen molar-refractivity contribution in [2.24, 2.45) is 0 Å². The maximum absolute atomic E-state index is 13.9. The summed E-state index contributed by atoms with van der Waals surface area (Å²) in [5.74, 6) is 2.10. The Morgan fingerprint density at radius 3 is 2.79 bits per heavy atom. The summed E-state index contributed by atoms with van der Waals surface area (Å²) in [6.07, 6.45) is 0.576. The monoisotopic (exact) mass is 371 g/mol. The molecule has 0 aromatic heterocycles. The molecule has 2 heterocycles. The SMILES string of the molecule is O=C(CC1CSCCN1)N1CCN(Cc2c(F)cccc2Cl)CC1. The van der Waals surface area contributed by atoms with Gasteiger partial charge >= 0.3 is 0 Å². The lowest BCUT2D eigenvalue weighted by Gasteiger charge is -2.36. The third-order valence-electron chi connectivity index (χ3n) is 4.59. The molecule has 0 bridgehead atoms. The molecule has 1 atom stereocenters. The molecule has 2 aliphatic rings. The van der Waals surface area contributed by atoms with E-state index in [1.54, 1.807) is 12.1 Å². The minimum Gasteiger partial charge on any atom is -0.340 e. The van der Waals surface area contributed by atoms with Crippen LogP contribution in [0.1, 0.15) is 12.0 Å². The van der Waals surface area contributed by atoms with Gasteiger partial charge in [0.25, 0.3) is 0 Å². The molecular weight excluding hydrogens is 349 g/mol. The van der Waals surface area contributed by atoms with E-state index in [9.17, 15) is 9.18 Å². The Labute approximate surface area is 151 Å². The Morgan fingerprint density at radius 1 is 1.33 bits per heavy atom. The lowest BCUT2D eigenvalue weighted by molar-refractivity contribution is -0.133. The first-order valence-corrected chi connectivity index (χ1v) is 9.91. The van der Waals surface area contributed by atoms with E-state index in [0.29, 0.717) is 42.7 Å². The Morgan fingerprint density at radius 2 is 2.12 bits per heavy atom. The van der Waals surface area contributed by atoms with E-state index in [4.69, 9.17) is 11.6 Å². The lowest BCUT2D eigenvalue weighted by Crippen LogP contribution is -2.50. The fourth-order valence-electron chi connectivity index (χ4n) is 3.15. The first kappa shape index (κ1) is 18.0. The molecule has 24 heavy (non-hydrogen) atoms. The van der Waals surface area contributed by atoms with Crippen molar-refractivity contribution in [3.05, 3.63) is 34.6 Å². The normalized spacial score (nSPS) is 22.6. The maximum Gasteiger partial charge on any atom is 0.224 e. The number of hydrogen-bond acceptors (Lipinski definition) is 4. The summed E-state index contributed by atoms with van der Waals surface area (Å²) in [6.45, 7) is 4.39. The van der Waals surface area contributed by atoms with Gasteiger partial charge in [0.15, 0.2) is 0 Å². The van der Waals surface area contributed by atoms with Gasteiger partial charge in [-0.05, 0) is 12.1 Å². The van der Waals surface area contributed by atoms with Crippen LogP contribution in [0.25, 0.3) is 0 Å². The Kier molecular flexibility index (Phi) is 6.38. The van der Waals surface area contributed by atoms with Crippen molar-refractivity contribution in [3.8, 4) is 0 Å². The van der Waals surface area contributed by atoms with Crippen LogP contribution in [-0.2, 0) is 11.3 Å². The van der Waals surface area contributed by atoms with Gasteiger partial charge in [0.1, 0.15) is 5.82 Å². The standard InChI is InChI=1S/C17H23ClFN3OS/c18-15-2-1-3-16(19)14(15)11-21-5-7-22(8-6-21)17(23)10-13-12-24-9-4-20-13/h1-3,13,20H,4-12H2. The number of nitrogens with zero attached hydrogens (tertiary/aromatic N) is 2. The summed E-state index contributed by atoms with van der Waals surface area (Å²) >= 11 is 8.00. The molecule has 3 rings (SSSR count). The summed E-state index contributed by atoms with van der Waals surface area (Å²) in [6, 6.07) is 5.08. The molecule has 1 aromatic carbocycles. The number of amides is 1. The van der Waals surface area contributed by atoms with Crippen LogP contribution in [0.15, 0.2) is 18.2 Å². The first-order chi connectivity index (χ1) is 11.6. The van der Waals surface area contributed by atoms with Gasteiger partial charge in [-0.15, -0.1) is 0 Å². The highest BCUT2D eigenvalue weighted by molar-refractivity contribution is 7.99. The topological polar surface area (TPSA) is 35.6 Å². The molecule has 0 saturated carbocycles. The molecule has 2 aliphatic heterocycles. The molecule has 1 unspecified atom stereocenters. The van der Waals surface area contributed by atoms with Gasteiger partial charge in [-0.1, -0.05) is 17.7 Å². The number of carbonyl (C=O) groups excluding carboxylic acids is 1. The van der Waals surface area contributed by atoms with Gasteiger partial charge in [0, 0.05) is 73.8 Å². The molecule has 1 amide bonds. The van der Waals surface area contributed by atoms with Gasteiger partial charge in [0.05, 0.1) is 0 Å². The Bertz CT molecular complexity index is 555. The summed E-state index contributed by atoms with van der Waals surface area (Å²) < 4.78 is 13.9. The van der Waals surface area contributed by atoms with E-state index in [1.165, 1.54) is 6.07 Å². The molecule has 132 valence electrons. The largest absolute Gasteiger partial charge is 0.340 e. The Balaban J connectivity index is 1.47. The van der Waals surface area contributed by atoms with Crippen LogP contribution in [0.3, 0.4) is 0 Å². The van der Waals surface area contributed by atoms with Crippen LogP contribution in [0.5, 0.6) is 0 Å². The van der Waals surface area contributed by atoms with E-state index in [1.807, 2.05) is 16.7 Å². The molecule has 7 heteroatoms. The molecule has 2 fully saturated rings. The van der Waals surface area contributed by atoms with Crippen molar-refractivity contribution < 1.29 is 9.18 Å². The van der Waals surface area contributed by atoms with Crippen LogP contribution in [0, 0.1) is 5.82 Å². The van der Waals surface area contributed by atoms with Crippen molar-refractivity contribution >= 4 is 29.3 Å². The van der Waals surface area contributed by atoms with Crippen LogP contribution < -0.4 is 5.32 Å². The molecule has 1 N–H and O–H groups in total. The van der Waals surface area contributed by atoms with Crippen LogP contribution in [-0.4, -0.2) is 66.0 Å². The number of halogens is 2. The number of nitrogens with one attached hydrogen (secondary N) is 1. The van der Waals surface area contributed by atoms with Crippen LogP contribution in [0.2, 0.25) is 5.02 Å². The second kappa shape index (κ2) is 8.52. The Hall–Kier alpha value is -0.820. The first-order valence-electron chi connectivity index (χ1n) is 8.37. The predicted octanol–water partition coefficient (Wildman–Crippen LogP) is 2.22. The zero-order chi connectivity index (χ0) is 16.9. The van der Waals surface area contributed by atoms with Gasteiger partial charge in [-0.3, -0.25) is 9.69 Å². The van der Waals surface area contributed by atoms with Crippen LogP contribution in [0.4, 0.5) is 4.39 Å². The molecule has 1 aromatic rings. The summed E-state index contributed by atoms with van der Waals surface area (Å²) in [7, 11) is 0. The molecule has 4 nitrogen and oxygen atoms in total. The minimum absolute atomic E-state index is 0.221. The minimum atomic E-state index is -0.262. The van der Waals surface area contributed by atoms with E-state index < -0.39 is 0 Å². The highest BCUT2D eigenvalue weighted by atomic mass is 35.5. The van der Waals surface area contributed by atoms with E-state index in [2.05, 4.69) is 10.2 Å². The third kappa shape index (κ3) is 4.63. The highest BCUT2D eigenvalue weighted by Gasteiger charge is 2.25. The number of benzene rings is 1. The molecule has 0 aliphatic carbocycles. The molecule has 0 radical (unpaired) electrons. The second-order valence-corrected chi connectivity index (χ2v) is 7.84. The summed E-state index contributed by atoms with van der Waals surface area (Å²) in [5.41, 5.74) is 0.544. The van der Waals surface area contributed by atoms with E-state index in [-0.39, 0.29) is 11.7 Å². The average molecular weight is 372 g/mol. The average Bonchev–Trinajstić information content (AvgIpc) is 2.60. The highest BCUT2D eigenvalue weighted by Crippen LogP contribution is 2.21. The zero-order valence-electron chi connectivity index (χ0n) is 13.6. The maximum atomic E-state index is 13.9. The molecule has 0 spiro atoms. The fraction of sp³-hybridized carbons (Fsp3) is 0.588. The smallest absolute Gasteiger partial charge is 0.224 e. The molecular formula is C17H23ClFN3OS. The summed E-state index contributed by atoms with van der Waals surface area (Å²) in [5, 5.41) is 3.87. The van der Waals surface area contributed by atoms with Gasteiger partial charge < -0.3 is 10.2 Å². The van der Waals surface area contributed by atoms with E-state index >= 15 is 0 Å². The third-order valence-corrected chi connectivity index (χ3v) is 6.07. The fourth-order valence-corrected chi connectivity index (χ4v) is 4.32. The zero-order valence-corrected chi connectivity index (χ0v) is 15.2. The number of piperazine rings is 1. The van der Waals surface area contributed by atoms with Crippen molar-refractivity contribution in [3.63, 3.8) is 0 Å².